The van der Waals surface area contributed by atoms with E-state index in [1.807, 2.05) is 25.1 Å². The van der Waals surface area contributed by atoms with Gasteiger partial charge in [-0.05, 0) is 37.5 Å². The normalized spacial score (nSPS) is 10.9. The molecule has 0 aliphatic carbocycles. The van der Waals surface area contributed by atoms with Crippen molar-refractivity contribution in [2.75, 3.05) is 0 Å². The molecular formula is C20H21NO2. The number of carbonyl (C=O) groups is 1. The molecule has 0 atom stereocenters. The molecule has 23 heavy (non-hydrogen) atoms. The summed E-state index contributed by atoms with van der Waals surface area (Å²) < 4.78 is 5.66. The highest BCUT2D eigenvalue weighted by Gasteiger charge is 2.12. The topological polar surface area (TPSA) is 42.2 Å². The molecule has 1 amide bonds. The van der Waals surface area contributed by atoms with Crippen molar-refractivity contribution in [2.45, 2.75) is 33.7 Å². The summed E-state index contributed by atoms with van der Waals surface area (Å²) in [5.41, 5.74) is 6.47. The first kappa shape index (κ1) is 15.3. The molecule has 3 nitrogen and oxygen atoms in total. The summed E-state index contributed by atoms with van der Waals surface area (Å²) in [6.45, 7) is 6.71. The largest absolute Gasteiger partial charge is 0.464 e. The van der Waals surface area contributed by atoms with Crippen LogP contribution < -0.4 is 5.32 Å². The van der Waals surface area contributed by atoms with E-state index in [-0.39, 0.29) is 5.91 Å². The summed E-state index contributed by atoms with van der Waals surface area (Å²) in [4.78, 5) is 12.2. The van der Waals surface area contributed by atoms with Gasteiger partial charge in [0.1, 0.15) is 5.58 Å². The molecule has 0 saturated carbocycles. The third-order valence-corrected chi connectivity index (χ3v) is 4.30. The van der Waals surface area contributed by atoms with Crippen LogP contribution in [0.25, 0.3) is 11.0 Å². The van der Waals surface area contributed by atoms with Gasteiger partial charge >= 0.3 is 0 Å². The Kier molecular flexibility index (Phi) is 4.20. The van der Waals surface area contributed by atoms with Gasteiger partial charge < -0.3 is 9.73 Å². The Hall–Kier alpha value is -2.55. The van der Waals surface area contributed by atoms with Crippen LogP contribution >= 0.6 is 0 Å². The number of nitrogens with one attached hydrogen (secondary N) is 1. The molecule has 0 spiro atoms. The first-order chi connectivity index (χ1) is 11.0. The summed E-state index contributed by atoms with van der Waals surface area (Å²) in [7, 11) is 0. The molecule has 2 aromatic carbocycles. The van der Waals surface area contributed by atoms with Gasteiger partial charge in [0.25, 0.3) is 0 Å². The van der Waals surface area contributed by atoms with Crippen molar-refractivity contribution in [3.05, 3.63) is 70.5 Å². The number of carbonyl (C=O) groups excluding carboxylic acids is 1. The molecule has 1 aromatic heterocycles. The summed E-state index contributed by atoms with van der Waals surface area (Å²) in [5, 5.41) is 3.99. The van der Waals surface area contributed by atoms with Crippen molar-refractivity contribution in [2.24, 2.45) is 0 Å². The van der Waals surface area contributed by atoms with E-state index in [9.17, 15) is 4.79 Å². The first-order valence-corrected chi connectivity index (χ1v) is 7.83. The Morgan fingerprint density at radius 3 is 2.52 bits per heavy atom. The monoisotopic (exact) mass is 307 g/mol. The van der Waals surface area contributed by atoms with Crippen LogP contribution in [0.15, 0.2) is 47.1 Å². The molecule has 1 N–H and O–H groups in total. The Balaban J connectivity index is 1.68. The van der Waals surface area contributed by atoms with Crippen molar-refractivity contribution in [3.63, 3.8) is 0 Å². The molecule has 0 unspecified atom stereocenters. The Morgan fingerprint density at radius 1 is 1.04 bits per heavy atom. The lowest BCUT2D eigenvalue weighted by Crippen LogP contribution is -2.24. The minimum atomic E-state index is 0.00602. The second-order valence-corrected chi connectivity index (χ2v) is 6.08. The van der Waals surface area contributed by atoms with E-state index >= 15 is 0 Å². The number of benzene rings is 2. The van der Waals surface area contributed by atoms with E-state index in [0.717, 1.165) is 27.7 Å². The van der Waals surface area contributed by atoms with Gasteiger partial charge in [-0.3, -0.25) is 4.79 Å². The van der Waals surface area contributed by atoms with Crippen molar-refractivity contribution >= 4 is 16.9 Å². The van der Waals surface area contributed by atoms with Crippen LogP contribution in [0.3, 0.4) is 0 Å². The molecule has 3 rings (SSSR count). The fraction of sp³-hybridized carbons (Fsp3) is 0.250. The highest BCUT2D eigenvalue weighted by atomic mass is 16.3. The second kappa shape index (κ2) is 6.29. The fourth-order valence-corrected chi connectivity index (χ4v) is 2.67. The molecule has 118 valence electrons. The zero-order valence-corrected chi connectivity index (χ0v) is 13.8. The van der Waals surface area contributed by atoms with Crippen LogP contribution in [0.2, 0.25) is 0 Å². The average Bonchev–Trinajstić information content (AvgIpc) is 2.94. The molecule has 0 bridgehead atoms. The van der Waals surface area contributed by atoms with Gasteiger partial charge in [0.15, 0.2) is 0 Å². The predicted octanol–water partition coefficient (Wildman–Crippen LogP) is 4.22. The van der Waals surface area contributed by atoms with E-state index in [0.29, 0.717) is 13.0 Å². The molecule has 3 aromatic rings. The third kappa shape index (κ3) is 3.29. The van der Waals surface area contributed by atoms with Gasteiger partial charge in [0.2, 0.25) is 5.91 Å². The predicted molar refractivity (Wildman–Crippen MR) is 92.4 cm³/mol. The second-order valence-electron chi connectivity index (χ2n) is 6.08. The molecule has 0 aliphatic rings. The molecule has 3 heteroatoms. The maximum Gasteiger partial charge on any atom is 0.224 e. The fourth-order valence-electron chi connectivity index (χ4n) is 2.67. The number of furan rings is 1. The van der Waals surface area contributed by atoms with E-state index in [4.69, 9.17) is 4.42 Å². The van der Waals surface area contributed by atoms with Gasteiger partial charge in [-0.25, -0.2) is 0 Å². The highest BCUT2D eigenvalue weighted by molar-refractivity contribution is 5.89. The van der Waals surface area contributed by atoms with Crippen LogP contribution in [-0.2, 0) is 17.8 Å². The lowest BCUT2D eigenvalue weighted by Gasteiger charge is -2.05. The quantitative estimate of drug-likeness (QED) is 0.784. The van der Waals surface area contributed by atoms with Crippen LogP contribution in [-0.4, -0.2) is 5.91 Å². The minimum absolute atomic E-state index is 0.00602. The van der Waals surface area contributed by atoms with Gasteiger partial charge in [-0.1, -0.05) is 42.0 Å². The number of rotatable bonds is 4. The van der Waals surface area contributed by atoms with Gasteiger partial charge in [-0.2, -0.15) is 0 Å². The molecule has 1 heterocycles. The van der Waals surface area contributed by atoms with Crippen molar-refractivity contribution in [1.29, 1.82) is 0 Å². The zero-order chi connectivity index (χ0) is 16.4. The zero-order valence-electron chi connectivity index (χ0n) is 13.8. The van der Waals surface area contributed by atoms with Crippen molar-refractivity contribution < 1.29 is 9.21 Å². The Labute approximate surface area is 136 Å². The smallest absolute Gasteiger partial charge is 0.224 e. The minimum Gasteiger partial charge on any atom is -0.464 e. The number of fused-ring (bicyclic) bond motifs is 1. The van der Waals surface area contributed by atoms with E-state index in [2.05, 4.69) is 37.4 Å². The number of hydrogen-bond acceptors (Lipinski definition) is 2. The average molecular weight is 307 g/mol. The standard InChI is InChI=1S/C20H21NO2/c1-13-4-7-16(8-5-13)11-21-19(22)10-17-12-23-20-15(3)14(2)6-9-18(17)20/h4-9,12H,10-11H2,1-3H3,(H,21,22). The SMILES string of the molecule is Cc1ccc(CNC(=O)Cc2coc3c(C)c(C)ccc23)cc1. The number of hydrogen-bond donors (Lipinski definition) is 1. The maximum atomic E-state index is 12.2. The molecular weight excluding hydrogens is 286 g/mol. The van der Waals surface area contributed by atoms with E-state index in [1.54, 1.807) is 6.26 Å². The summed E-state index contributed by atoms with van der Waals surface area (Å²) in [6, 6.07) is 12.3. The van der Waals surface area contributed by atoms with Crippen LogP contribution in [0, 0.1) is 20.8 Å². The Bertz CT molecular complexity index is 844. The van der Waals surface area contributed by atoms with Gasteiger partial charge in [0, 0.05) is 17.5 Å². The van der Waals surface area contributed by atoms with Crippen LogP contribution in [0.5, 0.6) is 0 Å². The van der Waals surface area contributed by atoms with Gasteiger partial charge in [-0.15, -0.1) is 0 Å². The first-order valence-electron chi connectivity index (χ1n) is 7.83. The summed E-state index contributed by atoms with van der Waals surface area (Å²) >= 11 is 0. The number of amides is 1. The maximum absolute atomic E-state index is 12.2. The lowest BCUT2D eigenvalue weighted by molar-refractivity contribution is -0.120. The summed E-state index contributed by atoms with van der Waals surface area (Å²) in [6.07, 6.45) is 2.03. The molecule has 0 saturated heterocycles. The third-order valence-electron chi connectivity index (χ3n) is 4.30. The highest BCUT2D eigenvalue weighted by Crippen LogP contribution is 2.26. The number of aryl methyl sites for hydroxylation is 3. The summed E-state index contributed by atoms with van der Waals surface area (Å²) in [5.74, 6) is 0.00602. The Morgan fingerprint density at radius 2 is 1.78 bits per heavy atom. The van der Waals surface area contributed by atoms with E-state index in [1.165, 1.54) is 11.1 Å². The molecule has 0 fully saturated rings. The van der Waals surface area contributed by atoms with Crippen molar-refractivity contribution in [1.82, 2.24) is 5.32 Å². The lowest BCUT2D eigenvalue weighted by atomic mass is 10.0. The van der Waals surface area contributed by atoms with Crippen molar-refractivity contribution in [3.8, 4) is 0 Å². The van der Waals surface area contributed by atoms with Crippen LogP contribution in [0.1, 0.15) is 27.8 Å². The van der Waals surface area contributed by atoms with E-state index < -0.39 is 0 Å². The van der Waals surface area contributed by atoms with Gasteiger partial charge in [0.05, 0.1) is 12.7 Å². The molecule has 0 radical (unpaired) electrons. The molecule has 0 aliphatic heterocycles. The van der Waals surface area contributed by atoms with Crippen LogP contribution in [0.4, 0.5) is 0 Å².